The molecule has 0 bridgehead atoms. The van der Waals surface area contributed by atoms with Gasteiger partial charge in [0.05, 0.1) is 0 Å². The highest BCUT2D eigenvalue weighted by Crippen LogP contribution is 2.21. The number of amides is 1. The number of anilines is 1. The molecule has 5 heteroatoms. The molecular weight excluding hydrogens is 261 g/mol. The Labute approximate surface area is 108 Å². The highest BCUT2D eigenvalue weighted by molar-refractivity contribution is 6.31. The van der Waals surface area contributed by atoms with Crippen molar-refractivity contribution >= 4 is 34.8 Å². The van der Waals surface area contributed by atoms with Crippen LogP contribution in [0.4, 0.5) is 5.69 Å². The maximum Gasteiger partial charge on any atom is 0.291 e. The Morgan fingerprint density at radius 3 is 2.65 bits per heavy atom. The van der Waals surface area contributed by atoms with Crippen molar-refractivity contribution in [2.24, 2.45) is 0 Å². The van der Waals surface area contributed by atoms with Crippen molar-refractivity contribution in [3.05, 3.63) is 51.9 Å². The summed E-state index contributed by atoms with van der Waals surface area (Å²) >= 11 is 11.5. The summed E-state index contributed by atoms with van der Waals surface area (Å²) in [7, 11) is 0. The van der Waals surface area contributed by atoms with Gasteiger partial charge < -0.3 is 9.73 Å². The van der Waals surface area contributed by atoms with E-state index < -0.39 is 0 Å². The van der Waals surface area contributed by atoms with Gasteiger partial charge in [0.25, 0.3) is 5.91 Å². The van der Waals surface area contributed by atoms with Crippen molar-refractivity contribution in [2.45, 2.75) is 6.92 Å². The topological polar surface area (TPSA) is 42.2 Å². The molecule has 0 radical (unpaired) electrons. The van der Waals surface area contributed by atoms with Gasteiger partial charge in [-0.05, 0) is 48.4 Å². The van der Waals surface area contributed by atoms with Gasteiger partial charge in [0, 0.05) is 10.7 Å². The first-order valence-corrected chi connectivity index (χ1v) is 5.64. The van der Waals surface area contributed by atoms with Crippen LogP contribution in [0.15, 0.2) is 34.7 Å². The SMILES string of the molecule is Cc1ccc(Cl)cc1NC(=O)c1ccc(Cl)o1. The first-order valence-electron chi connectivity index (χ1n) is 4.89. The van der Waals surface area contributed by atoms with Crippen molar-refractivity contribution in [1.29, 1.82) is 0 Å². The summed E-state index contributed by atoms with van der Waals surface area (Å²) in [5.74, 6) is -0.198. The second-order valence-corrected chi connectivity index (χ2v) is 4.33. The zero-order valence-electron chi connectivity index (χ0n) is 8.96. The second kappa shape index (κ2) is 4.82. The average Bonchev–Trinajstić information content (AvgIpc) is 2.70. The number of carbonyl (C=O) groups excluding carboxylic acids is 1. The predicted octanol–water partition coefficient (Wildman–Crippen LogP) is 4.15. The van der Waals surface area contributed by atoms with Crippen LogP contribution in [0.1, 0.15) is 16.1 Å². The lowest BCUT2D eigenvalue weighted by atomic mass is 10.2. The van der Waals surface area contributed by atoms with Crippen LogP contribution in [0.25, 0.3) is 0 Å². The zero-order valence-corrected chi connectivity index (χ0v) is 10.5. The Hall–Kier alpha value is -1.45. The van der Waals surface area contributed by atoms with E-state index in [4.69, 9.17) is 27.6 Å². The van der Waals surface area contributed by atoms with Crippen LogP contribution in [0.5, 0.6) is 0 Å². The minimum absolute atomic E-state index is 0.161. The fourth-order valence-electron chi connectivity index (χ4n) is 1.35. The highest BCUT2D eigenvalue weighted by atomic mass is 35.5. The Morgan fingerprint density at radius 1 is 1.24 bits per heavy atom. The van der Waals surface area contributed by atoms with Crippen LogP contribution >= 0.6 is 23.2 Å². The van der Waals surface area contributed by atoms with E-state index in [0.717, 1.165) is 5.56 Å². The van der Waals surface area contributed by atoms with E-state index in [1.807, 2.05) is 13.0 Å². The van der Waals surface area contributed by atoms with Gasteiger partial charge in [-0.3, -0.25) is 4.79 Å². The molecule has 0 saturated carbocycles. The van der Waals surface area contributed by atoms with Crippen LogP contribution in [-0.2, 0) is 0 Å². The first-order chi connectivity index (χ1) is 8.06. The zero-order chi connectivity index (χ0) is 12.4. The van der Waals surface area contributed by atoms with Gasteiger partial charge >= 0.3 is 0 Å². The summed E-state index contributed by atoms with van der Waals surface area (Å²) < 4.78 is 5.01. The molecule has 88 valence electrons. The molecule has 2 aromatic rings. The fraction of sp³-hybridized carbons (Fsp3) is 0.0833. The maximum atomic E-state index is 11.8. The van der Waals surface area contributed by atoms with E-state index in [9.17, 15) is 4.79 Å². The minimum atomic E-state index is -0.359. The highest BCUT2D eigenvalue weighted by Gasteiger charge is 2.11. The first kappa shape index (κ1) is 12.0. The number of halogens is 2. The number of nitrogens with one attached hydrogen (secondary N) is 1. The number of aryl methyl sites for hydroxylation is 1. The largest absolute Gasteiger partial charge is 0.440 e. The van der Waals surface area contributed by atoms with Crippen molar-refractivity contribution in [3.63, 3.8) is 0 Å². The number of furan rings is 1. The van der Waals surface area contributed by atoms with E-state index in [0.29, 0.717) is 10.7 Å². The van der Waals surface area contributed by atoms with Gasteiger partial charge in [-0.15, -0.1) is 0 Å². The summed E-state index contributed by atoms with van der Waals surface area (Å²) in [6.07, 6.45) is 0. The number of benzene rings is 1. The van der Waals surface area contributed by atoms with Gasteiger partial charge in [-0.25, -0.2) is 0 Å². The van der Waals surface area contributed by atoms with E-state index in [1.54, 1.807) is 12.1 Å². The number of hydrogen-bond acceptors (Lipinski definition) is 2. The van der Waals surface area contributed by atoms with Gasteiger partial charge in [0.15, 0.2) is 11.0 Å². The molecule has 1 aromatic carbocycles. The van der Waals surface area contributed by atoms with E-state index >= 15 is 0 Å². The van der Waals surface area contributed by atoms with Crippen LogP contribution in [0.2, 0.25) is 10.2 Å². The van der Waals surface area contributed by atoms with Crippen LogP contribution in [-0.4, -0.2) is 5.91 Å². The van der Waals surface area contributed by atoms with Crippen molar-refractivity contribution in [2.75, 3.05) is 5.32 Å². The number of rotatable bonds is 2. The van der Waals surface area contributed by atoms with Crippen molar-refractivity contribution in [3.8, 4) is 0 Å². The molecule has 0 aliphatic carbocycles. The standard InChI is InChI=1S/C12H9Cl2NO2/c1-7-2-3-8(13)6-9(7)15-12(16)10-4-5-11(14)17-10/h2-6H,1H3,(H,15,16). The minimum Gasteiger partial charge on any atom is -0.440 e. The molecule has 0 fully saturated rings. The van der Waals surface area contributed by atoms with Crippen LogP contribution in [0, 0.1) is 6.92 Å². The van der Waals surface area contributed by atoms with Crippen LogP contribution < -0.4 is 5.32 Å². The summed E-state index contributed by atoms with van der Waals surface area (Å²) in [4.78, 5) is 11.8. The lowest BCUT2D eigenvalue weighted by Gasteiger charge is -2.07. The Bertz CT molecular complexity index is 563. The van der Waals surface area contributed by atoms with Crippen molar-refractivity contribution in [1.82, 2.24) is 0 Å². The molecule has 1 heterocycles. The van der Waals surface area contributed by atoms with Crippen LogP contribution in [0.3, 0.4) is 0 Å². The molecule has 0 aliphatic rings. The molecule has 0 unspecified atom stereocenters. The van der Waals surface area contributed by atoms with E-state index in [1.165, 1.54) is 12.1 Å². The molecule has 0 aliphatic heterocycles. The van der Waals surface area contributed by atoms with Gasteiger partial charge in [-0.1, -0.05) is 17.7 Å². The summed E-state index contributed by atoms with van der Waals surface area (Å²) in [5.41, 5.74) is 1.57. The molecule has 17 heavy (non-hydrogen) atoms. The third-order valence-corrected chi connectivity index (χ3v) is 2.68. The monoisotopic (exact) mass is 269 g/mol. The molecule has 0 atom stereocenters. The second-order valence-electron chi connectivity index (χ2n) is 3.52. The maximum absolute atomic E-state index is 11.8. The predicted molar refractivity (Wildman–Crippen MR) is 67.9 cm³/mol. The third-order valence-electron chi connectivity index (χ3n) is 2.24. The Morgan fingerprint density at radius 2 is 2.00 bits per heavy atom. The quantitative estimate of drug-likeness (QED) is 0.890. The fourth-order valence-corrected chi connectivity index (χ4v) is 1.67. The summed E-state index contributed by atoms with van der Waals surface area (Å²) in [5, 5.41) is 3.44. The molecule has 1 amide bonds. The molecule has 2 rings (SSSR count). The molecule has 3 nitrogen and oxygen atoms in total. The smallest absolute Gasteiger partial charge is 0.291 e. The molecule has 0 spiro atoms. The average molecular weight is 270 g/mol. The summed E-state index contributed by atoms with van der Waals surface area (Å²) in [6.45, 7) is 1.88. The molecule has 1 aromatic heterocycles. The number of hydrogen-bond donors (Lipinski definition) is 1. The van der Waals surface area contributed by atoms with Gasteiger partial charge in [-0.2, -0.15) is 0 Å². The number of carbonyl (C=O) groups is 1. The third kappa shape index (κ3) is 2.81. The van der Waals surface area contributed by atoms with E-state index in [2.05, 4.69) is 5.32 Å². The Kier molecular flexibility index (Phi) is 3.41. The summed E-state index contributed by atoms with van der Waals surface area (Å²) in [6, 6.07) is 8.29. The van der Waals surface area contributed by atoms with Crippen molar-refractivity contribution < 1.29 is 9.21 Å². The normalized spacial score (nSPS) is 10.3. The lowest BCUT2D eigenvalue weighted by Crippen LogP contribution is -2.11. The lowest BCUT2D eigenvalue weighted by molar-refractivity contribution is 0.0996. The molecule has 1 N–H and O–H groups in total. The van der Waals surface area contributed by atoms with Gasteiger partial charge in [0.1, 0.15) is 0 Å². The molecular formula is C12H9Cl2NO2. The van der Waals surface area contributed by atoms with E-state index in [-0.39, 0.29) is 16.9 Å². The Balaban J connectivity index is 2.21. The molecule has 0 saturated heterocycles. The van der Waals surface area contributed by atoms with Gasteiger partial charge in [0.2, 0.25) is 0 Å².